The van der Waals surface area contributed by atoms with Crippen molar-refractivity contribution in [3.63, 3.8) is 0 Å². The molecular formula is C11H16O8. The van der Waals surface area contributed by atoms with E-state index in [1.807, 2.05) is 0 Å². The Morgan fingerprint density at radius 2 is 1.42 bits per heavy atom. The molecule has 0 aromatic rings. The molecule has 1 N–H and O–H groups in total. The number of methoxy groups -OCH3 is 2. The average molecular weight is 276 g/mol. The van der Waals surface area contributed by atoms with E-state index in [9.17, 15) is 24.3 Å². The SMILES string of the molecule is COC(=O)CC(O)(CC(=O)OC)C(=O)OCC(C)=O. The van der Waals surface area contributed by atoms with Crippen LogP contribution in [0.4, 0.5) is 0 Å². The van der Waals surface area contributed by atoms with Crippen molar-refractivity contribution >= 4 is 23.7 Å². The minimum absolute atomic E-state index is 0.452. The van der Waals surface area contributed by atoms with Gasteiger partial charge in [-0.15, -0.1) is 0 Å². The van der Waals surface area contributed by atoms with Gasteiger partial charge in [-0.25, -0.2) is 4.79 Å². The fraction of sp³-hybridized carbons (Fsp3) is 0.636. The molecule has 0 amide bonds. The van der Waals surface area contributed by atoms with E-state index in [4.69, 9.17) is 0 Å². The standard InChI is InChI=1S/C11H16O8/c1-7(12)6-19-10(15)11(16,4-8(13)17-2)5-9(14)18-3/h16H,4-6H2,1-3H3. The van der Waals surface area contributed by atoms with Crippen molar-refractivity contribution < 1.29 is 38.5 Å². The van der Waals surface area contributed by atoms with Crippen molar-refractivity contribution in [2.24, 2.45) is 0 Å². The van der Waals surface area contributed by atoms with Gasteiger partial charge >= 0.3 is 17.9 Å². The molecular weight excluding hydrogens is 260 g/mol. The number of rotatable bonds is 7. The summed E-state index contributed by atoms with van der Waals surface area (Å²) >= 11 is 0. The summed E-state index contributed by atoms with van der Waals surface area (Å²) in [6.45, 7) is 0.608. The number of hydrogen-bond donors (Lipinski definition) is 1. The van der Waals surface area contributed by atoms with E-state index in [1.165, 1.54) is 6.92 Å². The van der Waals surface area contributed by atoms with Gasteiger partial charge in [-0.2, -0.15) is 0 Å². The number of carbonyl (C=O) groups is 4. The molecule has 0 aliphatic rings. The van der Waals surface area contributed by atoms with Crippen LogP contribution >= 0.6 is 0 Å². The molecule has 0 aliphatic heterocycles. The highest BCUT2D eigenvalue weighted by Crippen LogP contribution is 2.19. The normalized spacial score (nSPS) is 10.5. The van der Waals surface area contributed by atoms with Crippen LogP contribution in [0.1, 0.15) is 19.8 Å². The van der Waals surface area contributed by atoms with Gasteiger partial charge in [-0.3, -0.25) is 14.4 Å². The van der Waals surface area contributed by atoms with Gasteiger partial charge in [0, 0.05) is 0 Å². The van der Waals surface area contributed by atoms with Gasteiger partial charge in [-0.05, 0) is 6.92 Å². The number of ether oxygens (including phenoxy) is 3. The van der Waals surface area contributed by atoms with Crippen LogP contribution in [-0.4, -0.2) is 55.2 Å². The summed E-state index contributed by atoms with van der Waals surface area (Å²) in [7, 11) is 2.11. The minimum Gasteiger partial charge on any atom is -0.469 e. The van der Waals surface area contributed by atoms with E-state index in [1.54, 1.807) is 0 Å². The third-order valence-electron chi connectivity index (χ3n) is 2.12. The van der Waals surface area contributed by atoms with Gasteiger partial charge in [0.15, 0.2) is 11.4 Å². The summed E-state index contributed by atoms with van der Waals surface area (Å²) in [6.07, 6.45) is -1.56. The smallest absolute Gasteiger partial charge is 0.339 e. The Balaban J connectivity index is 4.91. The van der Waals surface area contributed by atoms with Gasteiger partial charge in [0.05, 0.1) is 27.1 Å². The molecule has 0 rings (SSSR count). The Kier molecular flexibility index (Phi) is 6.70. The van der Waals surface area contributed by atoms with Gasteiger partial charge in [0.1, 0.15) is 6.61 Å². The molecule has 0 aromatic carbocycles. The van der Waals surface area contributed by atoms with Crippen LogP contribution in [0.2, 0.25) is 0 Å². The largest absolute Gasteiger partial charge is 0.469 e. The molecule has 8 nitrogen and oxygen atoms in total. The first-order valence-electron chi connectivity index (χ1n) is 5.28. The molecule has 0 saturated carbocycles. The Morgan fingerprint density at radius 1 is 1.00 bits per heavy atom. The molecule has 0 spiro atoms. The molecule has 0 aromatic heterocycles. The predicted molar refractivity (Wildman–Crippen MR) is 59.9 cm³/mol. The van der Waals surface area contributed by atoms with Gasteiger partial charge in [0.2, 0.25) is 0 Å². The maximum atomic E-state index is 11.6. The number of aliphatic hydroxyl groups is 1. The second-order valence-electron chi connectivity index (χ2n) is 3.82. The van der Waals surface area contributed by atoms with Crippen LogP contribution in [0.5, 0.6) is 0 Å². The van der Waals surface area contributed by atoms with E-state index < -0.39 is 48.7 Å². The topological polar surface area (TPSA) is 116 Å². The zero-order valence-electron chi connectivity index (χ0n) is 10.9. The monoisotopic (exact) mass is 276 g/mol. The molecule has 0 bridgehead atoms. The van der Waals surface area contributed by atoms with Crippen molar-refractivity contribution in [2.45, 2.75) is 25.4 Å². The molecule has 108 valence electrons. The Labute approximate surface area is 109 Å². The van der Waals surface area contributed by atoms with Crippen LogP contribution in [0.25, 0.3) is 0 Å². The van der Waals surface area contributed by atoms with Gasteiger partial charge < -0.3 is 19.3 Å². The molecule has 0 fully saturated rings. The number of hydrogen-bond acceptors (Lipinski definition) is 8. The molecule has 8 heteroatoms. The van der Waals surface area contributed by atoms with Crippen LogP contribution in [0.15, 0.2) is 0 Å². The molecule has 19 heavy (non-hydrogen) atoms. The summed E-state index contributed by atoms with van der Waals surface area (Å²) in [6, 6.07) is 0. The Morgan fingerprint density at radius 3 is 1.74 bits per heavy atom. The molecule has 0 heterocycles. The first kappa shape index (κ1) is 17.0. The molecule has 0 radical (unpaired) electrons. The predicted octanol–water partition coefficient (Wildman–Crippen LogP) is -1.02. The highest BCUT2D eigenvalue weighted by Gasteiger charge is 2.43. The van der Waals surface area contributed by atoms with E-state index in [0.29, 0.717) is 0 Å². The molecule has 0 atom stereocenters. The Bertz CT molecular complexity index is 355. The van der Waals surface area contributed by atoms with Crippen LogP contribution < -0.4 is 0 Å². The van der Waals surface area contributed by atoms with Crippen molar-refractivity contribution in [1.82, 2.24) is 0 Å². The lowest BCUT2D eigenvalue weighted by Gasteiger charge is -2.23. The third-order valence-corrected chi connectivity index (χ3v) is 2.12. The lowest BCUT2D eigenvalue weighted by molar-refractivity contribution is -0.177. The lowest BCUT2D eigenvalue weighted by Crippen LogP contribution is -2.45. The second kappa shape index (κ2) is 7.47. The second-order valence-corrected chi connectivity index (χ2v) is 3.82. The Hall–Kier alpha value is -1.96. The number of esters is 3. The highest BCUT2D eigenvalue weighted by molar-refractivity contribution is 5.91. The zero-order valence-corrected chi connectivity index (χ0v) is 10.9. The van der Waals surface area contributed by atoms with Crippen molar-refractivity contribution in [3.05, 3.63) is 0 Å². The summed E-state index contributed by atoms with van der Waals surface area (Å²) in [4.78, 5) is 44.6. The first-order valence-corrected chi connectivity index (χ1v) is 5.28. The van der Waals surface area contributed by atoms with Crippen molar-refractivity contribution in [1.29, 1.82) is 0 Å². The van der Waals surface area contributed by atoms with Crippen molar-refractivity contribution in [3.8, 4) is 0 Å². The van der Waals surface area contributed by atoms with E-state index in [0.717, 1.165) is 14.2 Å². The van der Waals surface area contributed by atoms with Gasteiger partial charge in [0.25, 0.3) is 0 Å². The van der Waals surface area contributed by atoms with Crippen LogP contribution in [0, 0.1) is 0 Å². The maximum absolute atomic E-state index is 11.6. The maximum Gasteiger partial charge on any atom is 0.339 e. The number of Topliss-reactive ketones (excluding diaryl/α,β-unsaturated/α-hetero) is 1. The van der Waals surface area contributed by atoms with E-state index in [-0.39, 0.29) is 0 Å². The summed E-state index contributed by atoms with van der Waals surface area (Å²) in [5.74, 6) is -3.54. The number of carbonyl (C=O) groups excluding carboxylic acids is 4. The molecule has 0 unspecified atom stereocenters. The zero-order chi connectivity index (χ0) is 15.1. The summed E-state index contributed by atoms with van der Waals surface area (Å²) in [5.41, 5.74) is -2.42. The van der Waals surface area contributed by atoms with Gasteiger partial charge in [-0.1, -0.05) is 0 Å². The third kappa shape index (κ3) is 5.96. The highest BCUT2D eigenvalue weighted by atomic mass is 16.6. The molecule has 0 aliphatic carbocycles. The quantitative estimate of drug-likeness (QED) is 0.463. The summed E-state index contributed by atoms with van der Waals surface area (Å²) < 4.78 is 13.1. The van der Waals surface area contributed by atoms with E-state index in [2.05, 4.69) is 14.2 Å². The average Bonchev–Trinajstić information content (AvgIpc) is 2.34. The summed E-state index contributed by atoms with van der Waals surface area (Å²) in [5, 5.41) is 10.0. The van der Waals surface area contributed by atoms with E-state index >= 15 is 0 Å². The fourth-order valence-electron chi connectivity index (χ4n) is 1.13. The molecule has 0 saturated heterocycles. The van der Waals surface area contributed by atoms with Crippen molar-refractivity contribution in [2.75, 3.05) is 20.8 Å². The van der Waals surface area contributed by atoms with Crippen LogP contribution in [0.3, 0.4) is 0 Å². The minimum atomic E-state index is -2.42. The lowest BCUT2D eigenvalue weighted by atomic mass is 9.95. The fourth-order valence-corrected chi connectivity index (χ4v) is 1.13. The van der Waals surface area contributed by atoms with Crippen LogP contribution in [-0.2, 0) is 33.4 Å². The first-order chi connectivity index (χ1) is 8.75. The number of ketones is 1.